The van der Waals surface area contributed by atoms with Gasteiger partial charge in [-0.3, -0.25) is 0 Å². The molecule has 3 rings (SSSR count). The normalized spacial score (nSPS) is 11.7. The van der Waals surface area contributed by atoms with Crippen molar-refractivity contribution in [1.29, 1.82) is 0 Å². The van der Waals surface area contributed by atoms with Crippen molar-refractivity contribution in [3.63, 3.8) is 0 Å². The minimum Gasteiger partial charge on any atom is -0.241 e. The number of aromatic nitrogens is 1. The molecule has 26 heavy (non-hydrogen) atoms. The molecule has 0 saturated heterocycles. The van der Waals surface area contributed by atoms with E-state index in [0.717, 1.165) is 26.7 Å². The van der Waals surface area contributed by atoms with E-state index in [4.69, 9.17) is 0 Å². The number of nitrogens with zero attached hydrogens (tertiary/aromatic N) is 1. The average molecular weight is 387 g/mol. The van der Waals surface area contributed by atoms with Gasteiger partial charge in [-0.15, -0.1) is 11.3 Å². The summed E-state index contributed by atoms with van der Waals surface area (Å²) in [5, 5.41) is 0.975. The van der Waals surface area contributed by atoms with Gasteiger partial charge in [-0.2, -0.15) is 0 Å². The van der Waals surface area contributed by atoms with Crippen molar-refractivity contribution in [2.75, 3.05) is 6.54 Å². The molecule has 6 heteroatoms. The second-order valence-electron chi connectivity index (χ2n) is 6.36. The van der Waals surface area contributed by atoms with Crippen molar-refractivity contribution in [3.8, 4) is 10.6 Å². The van der Waals surface area contributed by atoms with Gasteiger partial charge in [0.05, 0.1) is 10.6 Å². The second-order valence-corrected chi connectivity index (χ2v) is 9.21. The Bertz CT molecular complexity index is 1010. The van der Waals surface area contributed by atoms with E-state index in [1.54, 1.807) is 35.6 Å². The van der Waals surface area contributed by atoms with E-state index < -0.39 is 10.0 Å². The number of nitrogens with one attached hydrogen (secondary N) is 1. The molecule has 0 spiro atoms. The zero-order valence-electron chi connectivity index (χ0n) is 15.1. The Hall–Kier alpha value is -2.02. The number of benzene rings is 2. The van der Waals surface area contributed by atoms with E-state index in [2.05, 4.69) is 34.8 Å². The quantitative estimate of drug-likeness (QED) is 0.689. The first-order valence-corrected chi connectivity index (χ1v) is 10.7. The van der Waals surface area contributed by atoms with Gasteiger partial charge in [0.15, 0.2) is 0 Å². The van der Waals surface area contributed by atoms with Crippen LogP contribution in [0.4, 0.5) is 0 Å². The predicted molar refractivity (Wildman–Crippen MR) is 107 cm³/mol. The third-order valence-electron chi connectivity index (χ3n) is 4.13. The molecule has 1 heterocycles. The van der Waals surface area contributed by atoms with Gasteiger partial charge in [0, 0.05) is 17.0 Å². The van der Waals surface area contributed by atoms with Gasteiger partial charge < -0.3 is 0 Å². The topological polar surface area (TPSA) is 59.1 Å². The van der Waals surface area contributed by atoms with E-state index in [0.29, 0.717) is 17.9 Å². The molecule has 1 N–H and O–H groups in total. The van der Waals surface area contributed by atoms with Crippen molar-refractivity contribution < 1.29 is 8.42 Å². The molecular weight excluding hydrogens is 364 g/mol. The van der Waals surface area contributed by atoms with Gasteiger partial charge in [0.25, 0.3) is 0 Å². The van der Waals surface area contributed by atoms with E-state index in [1.165, 1.54) is 5.56 Å². The zero-order valence-corrected chi connectivity index (χ0v) is 16.7. The smallest absolute Gasteiger partial charge is 0.240 e. The molecule has 0 amide bonds. The van der Waals surface area contributed by atoms with Crippen LogP contribution in [0.2, 0.25) is 0 Å². The monoisotopic (exact) mass is 386 g/mol. The maximum atomic E-state index is 12.4. The maximum absolute atomic E-state index is 12.4. The van der Waals surface area contributed by atoms with Gasteiger partial charge in [-0.25, -0.2) is 18.1 Å². The molecule has 0 aliphatic heterocycles. The summed E-state index contributed by atoms with van der Waals surface area (Å²) in [5.74, 6) is 0. The highest BCUT2D eigenvalue weighted by atomic mass is 32.2. The molecule has 2 aromatic carbocycles. The molecule has 1 aromatic heterocycles. The van der Waals surface area contributed by atoms with Crippen LogP contribution in [0.15, 0.2) is 53.4 Å². The molecular formula is C20H22N2O2S2. The van der Waals surface area contributed by atoms with E-state index in [-0.39, 0.29) is 0 Å². The number of aryl methyl sites for hydroxylation is 3. The molecule has 0 unspecified atom stereocenters. The highest BCUT2D eigenvalue weighted by Crippen LogP contribution is 2.28. The Morgan fingerprint density at radius 2 is 1.73 bits per heavy atom. The van der Waals surface area contributed by atoms with Crippen LogP contribution in [0.1, 0.15) is 21.7 Å². The Morgan fingerprint density at radius 3 is 2.42 bits per heavy atom. The number of sulfonamides is 1. The number of hydrogen-bond acceptors (Lipinski definition) is 4. The molecule has 3 aromatic rings. The third-order valence-corrected chi connectivity index (χ3v) is 6.88. The fourth-order valence-corrected chi connectivity index (χ4v) is 4.75. The van der Waals surface area contributed by atoms with Gasteiger partial charge in [-0.1, -0.05) is 41.5 Å². The van der Waals surface area contributed by atoms with Crippen LogP contribution in [0.5, 0.6) is 0 Å². The minimum absolute atomic E-state index is 0.296. The molecule has 0 atom stereocenters. The van der Waals surface area contributed by atoms with Crippen LogP contribution in [0, 0.1) is 20.8 Å². The summed E-state index contributed by atoms with van der Waals surface area (Å²) in [6.45, 7) is 6.32. The standard InChI is InChI=1S/C20H22N2O2S2/c1-14-7-9-18(10-8-14)26(23,24)21-12-11-19-16(3)22-20(25-19)17-6-4-5-15(2)13-17/h4-10,13,21H,11-12H2,1-3H3. The number of thiazole rings is 1. The van der Waals surface area contributed by atoms with Gasteiger partial charge in [0.2, 0.25) is 10.0 Å². The maximum Gasteiger partial charge on any atom is 0.240 e. The molecule has 0 radical (unpaired) electrons. The van der Waals surface area contributed by atoms with Crippen molar-refractivity contribution in [1.82, 2.24) is 9.71 Å². The predicted octanol–water partition coefficient (Wildman–Crippen LogP) is 4.26. The lowest BCUT2D eigenvalue weighted by Crippen LogP contribution is -2.25. The lowest BCUT2D eigenvalue weighted by atomic mass is 10.1. The van der Waals surface area contributed by atoms with Crippen LogP contribution in [-0.2, 0) is 16.4 Å². The van der Waals surface area contributed by atoms with Crippen molar-refractivity contribution in [3.05, 3.63) is 70.2 Å². The summed E-state index contributed by atoms with van der Waals surface area (Å²) in [6.07, 6.45) is 0.625. The van der Waals surface area contributed by atoms with Gasteiger partial charge >= 0.3 is 0 Å². The van der Waals surface area contributed by atoms with Crippen molar-refractivity contribution in [2.24, 2.45) is 0 Å². The number of hydrogen-bond donors (Lipinski definition) is 1. The Balaban J connectivity index is 1.68. The molecule has 0 aliphatic rings. The summed E-state index contributed by atoms with van der Waals surface area (Å²) in [5.41, 5.74) is 4.29. The Morgan fingerprint density at radius 1 is 1.00 bits per heavy atom. The fraction of sp³-hybridized carbons (Fsp3) is 0.250. The number of rotatable bonds is 6. The molecule has 0 bridgehead atoms. The lowest BCUT2D eigenvalue weighted by molar-refractivity contribution is 0.581. The van der Waals surface area contributed by atoms with E-state index >= 15 is 0 Å². The molecule has 136 valence electrons. The average Bonchev–Trinajstić information content (AvgIpc) is 2.96. The summed E-state index contributed by atoms with van der Waals surface area (Å²) in [4.78, 5) is 6.05. The van der Waals surface area contributed by atoms with Gasteiger partial charge in [-0.05, 0) is 45.4 Å². The summed E-state index contributed by atoms with van der Waals surface area (Å²) >= 11 is 1.62. The van der Waals surface area contributed by atoms with Crippen molar-refractivity contribution in [2.45, 2.75) is 32.1 Å². The highest BCUT2D eigenvalue weighted by molar-refractivity contribution is 7.89. The Labute approximate surface area is 159 Å². The fourth-order valence-electron chi connectivity index (χ4n) is 2.66. The summed E-state index contributed by atoms with van der Waals surface area (Å²) < 4.78 is 27.4. The molecule has 0 aliphatic carbocycles. The Kier molecular flexibility index (Phi) is 5.55. The molecule has 4 nitrogen and oxygen atoms in total. The first-order chi connectivity index (χ1) is 12.3. The van der Waals surface area contributed by atoms with Gasteiger partial charge in [0.1, 0.15) is 5.01 Å². The van der Waals surface area contributed by atoms with Crippen LogP contribution < -0.4 is 4.72 Å². The minimum atomic E-state index is -3.48. The molecule has 0 saturated carbocycles. The van der Waals surface area contributed by atoms with E-state index in [1.807, 2.05) is 19.9 Å². The van der Waals surface area contributed by atoms with Crippen LogP contribution >= 0.6 is 11.3 Å². The largest absolute Gasteiger partial charge is 0.241 e. The van der Waals surface area contributed by atoms with Crippen LogP contribution in [0.3, 0.4) is 0 Å². The SMILES string of the molecule is Cc1ccc(S(=O)(=O)NCCc2sc(-c3cccc(C)c3)nc2C)cc1. The highest BCUT2D eigenvalue weighted by Gasteiger charge is 2.14. The second kappa shape index (κ2) is 7.70. The third kappa shape index (κ3) is 4.38. The zero-order chi connectivity index (χ0) is 18.7. The molecule has 0 fully saturated rings. The first-order valence-electron chi connectivity index (χ1n) is 8.45. The van der Waals surface area contributed by atoms with E-state index in [9.17, 15) is 8.42 Å². The van der Waals surface area contributed by atoms with Crippen LogP contribution in [-0.4, -0.2) is 19.9 Å². The van der Waals surface area contributed by atoms with Crippen molar-refractivity contribution >= 4 is 21.4 Å². The first kappa shape index (κ1) is 18.8. The summed E-state index contributed by atoms with van der Waals surface area (Å²) in [6, 6.07) is 15.1. The van der Waals surface area contributed by atoms with Crippen LogP contribution in [0.25, 0.3) is 10.6 Å². The summed E-state index contributed by atoms with van der Waals surface area (Å²) in [7, 11) is -3.48. The lowest BCUT2D eigenvalue weighted by Gasteiger charge is -2.06.